The average molecular weight is 313 g/mol. The molecule has 0 fully saturated rings. The Hall–Kier alpha value is -1.82. The van der Waals surface area contributed by atoms with E-state index in [1.807, 2.05) is 0 Å². The van der Waals surface area contributed by atoms with Crippen molar-refractivity contribution in [3.8, 4) is 11.1 Å². The Bertz CT molecular complexity index is 632. The zero-order valence-corrected chi connectivity index (χ0v) is 12.4. The predicted octanol–water partition coefficient (Wildman–Crippen LogP) is 5.19. The molecule has 0 saturated carbocycles. The average Bonchev–Trinajstić information content (AvgIpc) is 2.91. The summed E-state index contributed by atoms with van der Waals surface area (Å²) < 4.78 is 39.6. The largest absolute Gasteiger partial charge is 0.426 e. The van der Waals surface area contributed by atoms with Crippen molar-refractivity contribution in [2.45, 2.75) is 20.0 Å². The monoisotopic (exact) mass is 313 g/mol. The van der Waals surface area contributed by atoms with E-state index in [1.165, 1.54) is 6.07 Å². The molecule has 0 radical (unpaired) electrons. The number of oxime groups is 1. The van der Waals surface area contributed by atoms with Crippen LogP contribution in [0.15, 0.2) is 41.6 Å². The summed E-state index contributed by atoms with van der Waals surface area (Å²) in [6.07, 6.45) is -4.39. The van der Waals surface area contributed by atoms with Crippen molar-refractivity contribution in [3.05, 3.63) is 46.2 Å². The van der Waals surface area contributed by atoms with Gasteiger partial charge in [0.2, 0.25) is 0 Å². The molecule has 21 heavy (non-hydrogen) atoms. The minimum atomic E-state index is -4.39. The summed E-state index contributed by atoms with van der Waals surface area (Å²) >= 11 is 0.684. The first-order valence-corrected chi connectivity index (χ1v) is 7.18. The highest BCUT2D eigenvalue weighted by molar-refractivity contribution is 7.14. The fourth-order valence-corrected chi connectivity index (χ4v) is 2.80. The van der Waals surface area contributed by atoms with Gasteiger partial charge in [-0.1, -0.05) is 35.5 Å². The second-order valence-corrected chi connectivity index (χ2v) is 5.36. The van der Waals surface area contributed by atoms with Crippen molar-refractivity contribution in [1.29, 1.82) is 0 Å². The lowest BCUT2D eigenvalue weighted by Gasteiger charge is -2.07. The van der Waals surface area contributed by atoms with Crippen LogP contribution in [0.1, 0.15) is 23.6 Å². The van der Waals surface area contributed by atoms with Gasteiger partial charge in [-0.25, -0.2) is 0 Å². The molecular weight excluding hydrogens is 299 g/mol. The molecule has 2 nitrogen and oxygen atoms in total. The number of alkyl halides is 3. The van der Waals surface area contributed by atoms with Crippen molar-refractivity contribution < 1.29 is 18.0 Å². The van der Waals surface area contributed by atoms with Gasteiger partial charge in [0, 0.05) is 5.56 Å². The van der Waals surface area contributed by atoms with Gasteiger partial charge in [0.1, 0.15) is 11.5 Å². The maximum absolute atomic E-state index is 13.2. The third kappa shape index (κ3) is 3.64. The van der Waals surface area contributed by atoms with Crippen LogP contribution in [0.3, 0.4) is 0 Å². The highest BCUT2D eigenvalue weighted by Crippen LogP contribution is 2.42. The van der Waals surface area contributed by atoms with Gasteiger partial charge in [0.25, 0.3) is 0 Å². The Morgan fingerprint density at radius 3 is 2.48 bits per heavy atom. The summed E-state index contributed by atoms with van der Waals surface area (Å²) in [6.45, 7) is 3.78. The van der Waals surface area contributed by atoms with E-state index in [0.717, 1.165) is 0 Å². The summed E-state index contributed by atoms with van der Waals surface area (Å²) in [4.78, 5) is 4.74. The zero-order chi connectivity index (χ0) is 15.5. The fourth-order valence-electron chi connectivity index (χ4n) is 1.82. The van der Waals surface area contributed by atoms with E-state index < -0.39 is 11.1 Å². The smallest absolute Gasteiger partial charge is 0.396 e. The van der Waals surface area contributed by atoms with Gasteiger partial charge >= 0.3 is 6.18 Å². The second kappa shape index (κ2) is 6.30. The van der Waals surface area contributed by atoms with Crippen LogP contribution >= 0.6 is 11.3 Å². The van der Waals surface area contributed by atoms with Gasteiger partial charge in [-0.05, 0) is 25.5 Å². The fraction of sp³-hybridized carbons (Fsp3) is 0.267. The molecule has 0 unspecified atom stereocenters. The topological polar surface area (TPSA) is 21.6 Å². The van der Waals surface area contributed by atoms with Gasteiger partial charge in [-0.3, -0.25) is 0 Å². The van der Waals surface area contributed by atoms with Crippen LogP contribution in [0, 0.1) is 0 Å². The molecule has 2 rings (SSSR count). The number of hydrogen-bond donors (Lipinski definition) is 0. The van der Waals surface area contributed by atoms with Crippen molar-refractivity contribution in [3.63, 3.8) is 0 Å². The molecule has 6 heteroatoms. The van der Waals surface area contributed by atoms with Gasteiger partial charge in [-0.2, -0.15) is 13.2 Å². The van der Waals surface area contributed by atoms with Crippen LogP contribution in [0.25, 0.3) is 11.1 Å². The van der Waals surface area contributed by atoms with Gasteiger partial charge in [0.05, 0.1) is 10.6 Å². The predicted molar refractivity (Wildman–Crippen MR) is 78.6 cm³/mol. The Morgan fingerprint density at radius 1 is 1.24 bits per heavy atom. The van der Waals surface area contributed by atoms with E-state index in [2.05, 4.69) is 5.16 Å². The summed E-state index contributed by atoms with van der Waals surface area (Å²) in [5, 5.41) is 3.80. The summed E-state index contributed by atoms with van der Waals surface area (Å²) in [5.74, 6) is 0. The lowest BCUT2D eigenvalue weighted by atomic mass is 10.1. The number of hydrogen-bond acceptors (Lipinski definition) is 3. The van der Waals surface area contributed by atoms with Crippen LogP contribution in [-0.2, 0) is 11.0 Å². The van der Waals surface area contributed by atoms with E-state index in [1.54, 1.807) is 44.2 Å². The Balaban J connectivity index is 2.51. The van der Waals surface area contributed by atoms with Gasteiger partial charge in [0.15, 0.2) is 0 Å². The SMILES string of the molecule is CCON=C(C)c1cc(-c2ccccc2)c(C(F)(F)F)s1. The minimum absolute atomic E-state index is 0.175. The van der Waals surface area contributed by atoms with E-state index in [4.69, 9.17) is 4.84 Å². The molecule has 0 aliphatic rings. The van der Waals surface area contributed by atoms with Crippen molar-refractivity contribution in [1.82, 2.24) is 0 Å². The van der Waals surface area contributed by atoms with Crippen molar-refractivity contribution in [2.24, 2.45) is 5.16 Å². The molecule has 0 saturated heterocycles. The molecule has 1 heterocycles. The number of rotatable bonds is 4. The lowest BCUT2D eigenvalue weighted by Crippen LogP contribution is -2.03. The highest BCUT2D eigenvalue weighted by Gasteiger charge is 2.36. The molecular formula is C15H14F3NOS. The summed E-state index contributed by atoms with van der Waals surface area (Å²) in [7, 11) is 0. The van der Waals surface area contributed by atoms with E-state index >= 15 is 0 Å². The quantitative estimate of drug-likeness (QED) is 0.562. The molecule has 0 aliphatic heterocycles. The van der Waals surface area contributed by atoms with Crippen molar-refractivity contribution in [2.75, 3.05) is 6.61 Å². The molecule has 0 amide bonds. The van der Waals surface area contributed by atoms with Crippen LogP contribution in [0.2, 0.25) is 0 Å². The molecule has 0 N–H and O–H groups in total. The summed E-state index contributed by atoms with van der Waals surface area (Å²) in [6, 6.07) is 10.0. The number of benzene rings is 1. The molecule has 0 bridgehead atoms. The maximum Gasteiger partial charge on any atom is 0.426 e. The van der Waals surface area contributed by atoms with Crippen LogP contribution in [0.5, 0.6) is 0 Å². The molecule has 2 aromatic rings. The first-order chi connectivity index (χ1) is 9.93. The molecule has 1 aromatic heterocycles. The van der Waals surface area contributed by atoms with E-state index in [-0.39, 0.29) is 5.56 Å². The van der Waals surface area contributed by atoms with Crippen LogP contribution < -0.4 is 0 Å². The van der Waals surface area contributed by atoms with Crippen LogP contribution in [-0.4, -0.2) is 12.3 Å². The lowest BCUT2D eigenvalue weighted by molar-refractivity contribution is -0.133. The van der Waals surface area contributed by atoms with Crippen molar-refractivity contribution >= 4 is 17.0 Å². The van der Waals surface area contributed by atoms with E-state index in [0.29, 0.717) is 34.1 Å². The highest BCUT2D eigenvalue weighted by atomic mass is 32.1. The Morgan fingerprint density at radius 2 is 1.90 bits per heavy atom. The third-order valence-electron chi connectivity index (χ3n) is 2.76. The minimum Gasteiger partial charge on any atom is -0.396 e. The van der Waals surface area contributed by atoms with Gasteiger partial charge < -0.3 is 4.84 Å². The molecule has 0 atom stereocenters. The number of thiophene rings is 1. The summed E-state index contributed by atoms with van der Waals surface area (Å²) in [5.41, 5.74) is 1.15. The normalized spacial score (nSPS) is 12.5. The Labute approximate surface area is 124 Å². The first-order valence-electron chi connectivity index (χ1n) is 6.37. The molecule has 112 valence electrons. The van der Waals surface area contributed by atoms with Gasteiger partial charge in [-0.15, -0.1) is 11.3 Å². The zero-order valence-electron chi connectivity index (χ0n) is 11.6. The Kier molecular flexibility index (Phi) is 4.67. The maximum atomic E-state index is 13.2. The number of halogens is 3. The molecule has 0 aliphatic carbocycles. The van der Waals surface area contributed by atoms with Crippen LogP contribution in [0.4, 0.5) is 13.2 Å². The number of nitrogens with zero attached hydrogens (tertiary/aromatic N) is 1. The molecule has 0 spiro atoms. The standard InChI is InChI=1S/C15H14F3NOS/c1-3-20-19-10(2)13-9-12(11-7-5-4-6-8-11)14(21-13)15(16,17)18/h4-9H,3H2,1-2H3. The second-order valence-electron chi connectivity index (χ2n) is 4.31. The van der Waals surface area contributed by atoms with E-state index in [9.17, 15) is 13.2 Å². The third-order valence-corrected chi connectivity index (χ3v) is 4.05. The molecule has 1 aromatic carbocycles. The first kappa shape index (κ1) is 15.6.